The number of ether oxygens (including phenoxy) is 1. The summed E-state index contributed by atoms with van der Waals surface area (Å²) >= 11 is 0. The molecule has 0 aromatic heterocycles. The van der Waals surface area contributed by atoms with E-state index in [-0.39, 0.29) is 12.6 Å². The molecule has 1 atom stereocenters. The maximum atomic E-state index is 9.04. The lowest BCUT2D eigenvalue weighted by atomic mass is 10.2. The van der Waals surface area contributed by atoms with Crippen LogP contribution in [0.4, 0.5) is 0 Å². The molecule has 86 valence electrons. The zero-order valence-electron chi connectivity index (χ0n) is 9.75. The predicted octanol–water partition coefficient (Wildman–Crippen LogP) is 1.55. The largest absolute Gasteiger partial charge is 0.395 e. The fraction of sp³-hybridized carbons (Fsp3) is 1.00. The minimum atomic E-state index is 0.0802. The predicted molar refractivity (Wildman–Crippen MR) is 59.5 cm³/mol. The van der Waals surface area contributed by atoms with Crippen LogP contribution in [0.2, 0.25) is 0 Å². The maximum Gasteiger partial charge on any atom is 0.0642 e. The molecule has 0 bridgehead atoms. The lowest BCUT2D eigenvalue weighted by Crippen LogP contribution is -2.40. The monoisotopic (exact) mass is 203 g/mol. The molecule has 0 spiro atoms. The van der Waals surface area contributed by atoms with Gasteiger partial charge in [0.25, 0.3) is 0 Å². The first-order valence-electron chi connectivity index (χ1n) is 5.65. The molecule has 0 aliphatic carbocycles. The van der Waals surface area contributed by atoms with Crippen LogP contribution in [0, 0.1) is 0 Å². The number of aliphatic hydroxyl groups is 1. The quantitative estimate of drug-likeness (QED) is 0.559. The number of rotatable bonds is 9. The molecule has 0 aromatic rings. The van der Waals surface area contributed by atoms with Crippen molar-refractivity contribution in [3.8, 4) is 0 Å². The summed E-state index contributed by atoms with van der Waals surface area (Å²) in [6.07, 6.45) is 3.56. The Balaban J connectivity index is 3.33. The second-order valence-corrected chi connectivity index (χ2v) is 3.98. The normalized spacial score (nSPS) is 13.5. The van der Waals surface area contributed by atoms with E-state index in [1.165, 1.54) is 12.8 Å². The van der Waals surface area contributed by atoms with Crippen molar-refractivity contribution in [2.75, 3.05) is 19.8 Å². The number of unbranched alkanes of at least 4 members (excludes halogenated alkanes) is 2. The van der Waals surface area contributed by atoms with Crippen LogP contribution in [-0.2, 0) is 4.74 Å². The Hall–Kier alpha value is -0.120. The van der Waals surface area contributed by atoms with Crippen molar-refractivity contribution >= 4 is 0 Å². The van der Waals surface area contributed by atoms with E-state index in [9.17, 15) is 0 Å². The Morgan fingerprint density at radius 2 is 2.00 bits per heavy atom. The van der Waals surface area contributed by atoms with Gasteiger partial charge in [-0.3, -0.25) is 0 Å². The molecule has 14 heavy (non-hydrogen) atoms. The molecule has 0 fully saturated rings. The molecule has 0 aliphatic rings. The summed E-state index contributed by atoms with van der Waals surface area (Å²) in [6, 6.07) is 0.475. The summed E-state index contributed by atoms with van der Waals surface area (Å²) in [7, 11) is 0. The smallest absolute Gasteiger partial charge is 0.0642 e. The van der Waals surface area contributed by atoms with Gasteiger partial charge in [-0.2, -0.15) is 0 Å². The highest BCUT2D eigenvalue weighted by Gasteiger charge is 2.07. The van der Waals surface area contributed by atoms with Crippen molar-refractivity contribution in [2.24, 2.45) is 0 Å². The van der Waals surface area contributed by atoms with Crippen LogP contribution in [0.1, 0.15) is 40.0 Å². The molecule has 3 nitrogen and oxygen atoms in total. The van der Waals surface area contributed by atoms with Gasteiger partial charge in [-0.15, -0.1) is 0 Å². The summed E-state index contributed by atoms with van der Waals surface area (Å²) in [5, 5.41) is 12.3. The van der Waals surface area contributed by atoms with Crippen LogP contribution in [0.5, 0.6) is 0 Å². The van der Waals surface area contributed by atoms with E-state index in [0.29, 0.717) is 12.6 Å². The molecule has 0 radical (unpaired) electrons. The van der Waals surface area contributed by atoms with Crippen LogP contribution >= 0.6 is 0 Å². The third-order valence-corrected chi connectivity index (χ3v) is 2.00. The van der Waals surface area contributed by atoms with Gasteiger partial charge in [0, 0.05) is 12.6 Å². The third-order valence-electron chi connectivity index (χ3n) is 2.00. The Labute approximate surface area is 87.8 Å². The van der Waals surface area contributed by atoms with Gasteiger partial charge in [0.05, 0.1) is 19.3 Å². The first kappa shape index (κ1) is 13.9. The topological polar surface area (TPSA) is 41.5 Å². The van der Waals surface area contributed by atoms with Gasteiger partial charge in [0.15, 0.2) is 0 Å². The minimum Gasteiger partial charge on any atom is -0.395 e. The highest BCUT2D eigenvalue weighted by molar-refractivity contribution is 4.66. The molecular weight excluding hydrogens is 178 g/mol. The Morgan fingerprint density at radius 1 is 1.29 bits per heavy atom. The summed E-state index contributed by atoms with van der Waals surface area (Å²) < 4.78 is 5.47. The van der Waals surface area contributed by atoms with Crippen LogP contribution in [0.3, 0.4) is 0 Å². The van der Waals surface area contributed by atoms with Gasteiger partial charge in [-0.05, 0) is 6.42 Å². The van der Waals surface area contributed by atoms with Gasteiger partial charge in [-0.25, -0.2) is 0 Å². The summed E-state index contributed by atoms with van der Waals surface area (Å²) in [4.78, 5) is 0. The van der Waals surface area contributed by atoms with E-state index >= 15 is 0 Å². The van der Waals surface area contributed by atoms with E-state index in [0.717, 1.165) is 13.0 Å². The molecule has 0 amide bonds. The third kappa shape index (κ3) is 8.48. The molecule has 0 rings (SSSR count). The summed E-state index contributed by atoms with van der Waals surface area (Å²) in [6.45, 7) is 7.88. The van der Waals surface area contributed by atoms with E-state index in [4.69, 9.17) is 9.84 Å². The second kappa shape index (κ2) is 9.44. The van der Waals surface area contributed by atoms with Gasteiger partial charge in [-0.1, -0.05) is 33.6 Å². The maximum absolute atomic E-state index is 9.04. The van der Waals surface area contributed by atoms with Crippen molar-refractivity contribution in [3.63, 3.8) is 0 Å². The van der Waals surface area contributed by atoms with Crippen molar-refractivity contribution < 1.29 is 9.84 Å². The first-order valence-corrected chi connectivity index (χ1v) is 5.65. The molecule has 0 heterocycles. The molecule has 0 saturated carbocycles. The fourth-order valence-corrected chi connectivity index (χ4v) is 1.30. The highest BCUT2D eigenvalue weighted by Crippen LogP contribution is 1.95. The zero-order valence-corrected chi connectivity index (χ0v) is 9.75. The Bertz CT molecular complexity index is 118. The zero-order chi connectivity index (χ0) is 10.8. The first-order chi connectivity index (χ1) is 6.70. The van der Waals surface area contributed by atoms with E-state index in [1.807, 2.05) is 0 Å². The average Bonchev–Trinajstić information content (AvgIpc) is 2.15. The molecule has 0 aromatic carbocycles. The van der Waals surface area contributed by atoms with E-state index in [1.54, 1.807) is 0 Å². The van der Waals surface area contributed by atoms with Crippen molar-refractivity contribution in [1.29, 1.82) is 0 Å². The Kier molecular flexibility index (Phi) is 9.35. The van der Waals surface area contributed by atoms with Crippen molar-refractivity contribution in [3.05, 3.63) is 0 Å². The highest BCUT2D eigenvalue weighted by atomic mass is 16.5. The number of hydrogen-bond donors (Lipinski definition) is 2. The SMILES string of the molecule is CCCCCOCC(CO)NC(C)C. The van der Waals surface area contributed by atoms with E-state index < -0.39 is 0 Å². The van der Waals surface area contributed by atoms with Gasteiger partial charge < -0.3 is 15.2 Å². The number of nitrogens with one attached hydrogen (secondary N) is 1. The Morgan fingerprint density at radius 3 is 2.50 bits per heavy atom. The van der Waals surface area contributed by atoms with E-state index in [2.05, 4.69) is 26.1 Å². The number of aliphatic hydroxyl groups excluding tert-OH is 1. The van der Waals surface area contributed by atoms with Crippen molar-refractivity contribution in [2.45, 2.75) is 52.1 Å². The van der Waals surface area contributed by atoms with Crippen LogP contribution in [-0.4, -0.2) is 37.0 Å². The van der Waals surface area contributed by atoms with Crippen LogP contribution in [0.15, 0.2) is 0 Å². The molecule has 1 unspecified atom stereocenters. The van der Waals surface area contributed by atoms with Crippen molar-refractivity contribution in [1.82, 2.24) is 5.32 Å². The lowest BCUT2D eigenvalue weighted by Gasteiger charge is -2.18. The van der Waals surface area contributed by atoms with Gasteiger partial charge in [0.2, 0.25) is 0 Å². The fourth-order valence-electron chi connectivity index (χ4n) is 1.30. The average molecular weight is 203 g/mol. The second-order valence-electron chi connectivity index (χ2n) is 3.98. The molecule has 3 heteroatoms. The molecular formula is C11H25NO2. The lowest BCUT2D eigenvalue weighted by molar-refractivity contribution is 0.0834. The van der Waals surface area contributed by atoms with Crippen LogP contribution in [0.25, 0.3) is 0 Å². The molecule has 0 aliphatic heterocycles. The molecule has 2 N–H and O–H groups in total. The summed E-state index contributed by atoms with van der Waals surface area (Å²) in [5.74, 6) is 0. The summed E-state index contributed by atoms with van der Waals surface area (Å²) in [5.41, 5.74) is 0. The molecule has 0 saturated heterocycles. The number of hydrogen-bond acceptors (Lipinski definition) is 3. The standard InChI is InChI=1S/C11H25NO2/c1-4-5-6-7-14-9-11(8-13)12-10(2)3/h10-13H,4-9H2,1-3H3. The van der Waals surface area contributed by atoms with Gasteiger partial charge in [0.1, 0.15) is 0 Å². The minimum absolute atomic E-state index is 0.0802. The van der Waals surface area contributed by atoms with Crippen LogP contribution < -0.4 is 5.32 Å². The van der Waals surface area contributed by atoms with Gasteiger partial charge >= 0.3 is 0 Å².